The molecule has 114 valence electrons. The Hall–Kier alpha value is -1.66. The van der Waals surface area contributed by atoms with Crippen molar-refractivity contribution in [3.63, 3.8) is 0 Å². The SMILES string of the molecule is CCCNC1CCOCC1c1nc(-c2ccoc2C)no1. The fourth-order valence-corrected chi connectivity index (χ4v) is 2.67. The maximum absolute atomic E-state index is 5.58. The second-order valence-corrected chi connectivity index (χ2v) is 5.38. The molecule has 2 unspecified atom stereocenters. The van der Waals surface area contributed by atoms with Crippen molar-refractivity contribution in [1.29, 1.82) is 0 Å². The standard InChI is InChI=1S/C15H21N3O3/c1-3-6-16-13-5-7-19-9-12(13)15-17-14(18-21-15)11-4-8-20-10(11)2/h4,8,12-13,16H,3,5-7,9H2,1-2H3. The van der Waals surface area contributed by atoms with Crippen LogP contribution < -0.4 is 5.32 Å². The van der Waals surface area contributed by atoms with Crippen LogP contribution in [0.2, 0.25) is 0 Å². The molecule has 6 nitrogen and oxygen atoms in total. The van der Waals surface area contributed by atoms with Crippen LogP contribution in [0, 0.1) is 6.92 Å². The average Bonchev–Trinajstić information content (AvgIpc) is 3.14. The zero-order chi connectivity index (χ0) is 14.7. The predicted molar refractivity (Wildman–Crippen MR) is 77.0 cm³/mol. The summed E-state index contributed by atoms with van der Waals surface area (Å²) < 4.78 is 16.3. The molecule has 0 amide bonds. The number of nitrogens with zero attached hydrogens (tertiary/aromatic N) is 2. The van der Waals surface area contributed by atoms with E-state index >= 15 is 0 Å². The highest BCUT2D eigenvalue weighted by Gasteiger charge is 2.31. The van der Waals surface area contributed by atoms with Crippen molar-refractivity contribution < 1.29 is 13.7 Å². The lowest BCUT2D eigenvalue weighted by Crippen LogP contribution is -2.41. The van der Waals surface area contributed by atoms with E-state index in [1.807, 2.05) is 13.0 Å². The first-order valence-corrected chi connectivity index (χ1v) is 7.48. The first-order valence-electron chi connectivity index (χ1n) is 7.48. The quantitative estimate of drug-likeness (QED) is 0.912. The van der Waals surface area contributed by atoms with Gasteiger partial charge in [0.15, 0.2) is 0 Å². The van der Waals surface area contributed by atoms with Gasteiger partial charge >= 0.3 is 0 Å². The minimum absolute atomic E-state index is 0.110. The summed E-state index contributed by atoms with van der Waals surface area (Å²) in [4.78, 5) is 4.54. The van der Waals surface area contributed by atoms with Crippen molar-refractivity contribution in [1.82, 2.24) is 15.5 Å². The smallest absolute Gasteiger partial charge is 0.233 e. The number of hydrogen-bond donors (Lipinski definition) is 1. The number of nitrogens with one attached hydrogen (secondary N) is 1. The van der Waals surface area contributed by atoms with Crippen molar-refractivity contribution in [2.24, 2.45) is 0 Å². The lowest BCUT2D eigenvalue weighted by atomic mass is 9.95. The van der Waals surface area contributed by atoms with Gasteiger partial charge in [0, 0.05) is 12.6 Å². The van der Waals surface area contributed by atoms with Gasteiger partial charge < -0.3 is 19.0 Å². The number of aryl methyl sites for hydroxylation is 1. The Morgan fingerprint density at radius 3 is 3.10 bits per heavy atom. The highest BCUT2D eigenvalue weighted by atomic mass is 16.5. The van der Waals surface area contributed by atoms with Gasteiger partial charge in [-0.05, 0) is 32.4 Å². The normalized spacial score (nSPS) is 22.6. The average molecular weight is 291 g/mol. The number of aromatic nitrogens is 2. The van der Waals surface area contributed by atoms with Gasteiger partial charge in [0.2, 0.25) is 11.7 Å². The second kappa shape index (κ2) is 6.41. The molecule has 0 spiro atoms. The third-order valence-corrected chi connectivity index (χ3v) is 3.87. The number of rotatable bonds is 5. The molecule has 2 aromatic rings. The van der Waals surface area contributed by atoms with E-state index in [1.165, 1.54) is 0 Å². The zero-order valence-electron chi connectivity index (χ0n) is 12.5. The van der Waals surface area contributed by atoms with Crippen molar-refractivity contribution in [2.75, 3.05) is 19.8 Å². The van der Waals surface area contributed by atoms with E-state index < -0.39 is 0 Å². The van der Waals surface area contributed by atoms with E-state index in [1.54, 1.807) is 6.26 Å². The molecule has 2 aromatic heterocycles. The van der Waals surface area contributed by atoms with Gasteiger partial charge in [0.1, 0.15) is 5.76 Å². The van der Waals surface area contributed by atoms with Gasteiger partial charge in [-0.1, -0.05) is 12.1 Å². The molecule has 0 saturated carbocycles. The summed E-state index contributed by atoms with van der Waals surface area (Å²) in [6.45, 7) is 6.44. The van der Waals surface area contributed by atoms with E-state index in [0.29, 0.717) is 24.4 Å². The Kier molecular flexibility index (Phi) is 4.36. The largest absolute Gasteiger partial charge is 0.469 e. The van der Waals surface area contributed by atoms with E-state index in [2.05, 4.69) is 22.4 Å². The maximum atomic E-state index is 5.58. The summed E-state index contributed by atoms with van der Waals surface area (Å²) in [6.07, 6.45) is 3.70. The molecule has 3 heterocycles. The molecule has 3 rings (SSSR count). The van der Waals surface area contributed by atoms with Crippen LogP contribution >= 0.6 is 0 Å². The highest BCUT2D eigenvalue weighted by molar-refractivity contribution is 5.56. The van der Waals surface area contributed by atoms with E-state index in [0.717, 1.165) is 37.3 Å². The molecule has 0 aliphatic carbocycles. The van der Waals surface area contributed by atoms with Crippen LogP contribution in [0.3, 0.4) is 0 Å². The molecule has 1 fully saturated rings. The lowest BCUT2D eigenvalue weighted by molar-refractivity contribution is 0.0498. The van der Waals surface area contributed by atoms with Crippen LogP contribution in [0.25, 0.3) is 11.4 Å². The predicted octanol–water partition coefficient (Wildman–Crippen LogP) is 2.51. The van der Waals surface area contributed by atoms with Crippen LogP contribution in [0.15, 0.2) is 21.3 Å². The number of hydrogen-bond acceptors (Lipinski definition) is 6. The maximum Gasteiger partial charge on any atom is 0.233 e. The van der Waals surface area contributed by atoms with E-state index in [-0.39, 0.29) is 5.92 Å². The Labute approximate surface area is 123 Å². The van der Waals surface area contributed by atoms with Gasteiger partial charge in [0.05, 0.1) is 24.4 Å². The third kappa shape index (κ3) is 3.01. The summed E-state index contributed by atoms with van der Waals surface area (Å²) in [5.74, 6) is 2.12. The molecule has 1 N–H and O–H groups in total. The summed E-state index contributed by atoms with van der Waals surface area (Å²) in [5, 5.41) is 7.63. The van der Waals surface area contributed by atoms with Crippen molar-refractivity contribution >= 4 is 0 Å². The molecule has 1 aliphatic rings. The Bertz CT molecular complexity index is 578. The molecule has 2 atom stereocenters. The van der Waals surface area contributed by atoms with E-state index in [4.69, 9.17) is 13.7 Å². The topological polar surface area (TPSA) is 73.3 Å². The Morgan fingerprint density at radius 2 is 2.33 bits per heavy atom. The number of ether oxygens (including phenoxy) is 1. The molecule has 1 saturated heterocycles. The van der Waals surface area contributed by atoms with Gasteiger partial charge in [-0.25, -0.2) is 0 Å². The molecule has 0 aromatic carbocycles. The minimum atomic E-state index is 0.110. The van der Waals surface area contributed by atoms with Crippen LogP contribution in [0.5, 0.6) is 0 Å². The van der Waals surface area contributed by atoms with E-state index in [9.17, 15) is 0 Å². The summed E-state index contributed by atoms with van der Waals surface area (Å²) in [7, 11) is 0. The van der Waals surface area contributed by atoms with Gasteiger partial charge in [-0.15, -0.1) is 0 Å². The van der Waals surface area contributed by atoms with Crippen molar-refractivity contribution in [3.8, 4) is 11.4 Å². The fraction of sp³-hybridized carbons (Fsp3) is 0.600. The zero-order valence-corrected chi connectivity index (χ0v) is 12.5. The summed E-state index contributed by atoms with van der Waals surface area (Å²) in [6, 6.07) is 2.19. The molecular formula is C15H21N3O3. The fourth-order valence-electron chi connectivity index (χ4n) is 2.67. The molecule has 0 bridgehead atoms. The van der Waals surface area contributed by atoms with Gasteiger partial charge in [-0.3, -0.25) is 0 Å². The molecule has 6 heteroatoms. The van der Waals surface area contributed by atoms with Gasteiger partial charge in [0.25, 0.3) is 0 Å². The Morgan fingerprint density at radius 1 is 1.43 bits per heavy atom. The first kappa shape index (κ1) is 14.3. The molecular weight excluding hydrogens is 270 g/mol. The summed E-state index contributed by atoms with van der Waals surface area (Å²) in [5.41, 5.74) is 0.875. The number of furan rings is 1. The second-order valence-electron chi connectivity index (χ2n) is 5.38. The van der Waals surface area contributed by atoms with Crippen LogP contribution in [-0.2, 0) is 4.74 Å². The molecule has 21 heavy (non-hydrogen) atoms. The van der Waals surface area contributed by atoms with Crippen molar-refractivity contribution in [2.45, 2.75) is 38.6 Å². The van der Waals surface area contributed by atoms with Gasteiger partial charge in [-0.2, -0.15) is 4.98 Å². The summed E-state index contributed by atoms with van der Waals surface area (Å²) >= 11 is 0. The van der Waals surface area contributed by atoms with Crippen LogP contribution in [-0.4, -0.2) is 35.9 Å². The molecule has 0 radical (unpaired) electrons. The Balaban J connectivity index is 1.79. The highest BCUT2D eigenvalue weighted by Crippen LogP contribution is 2.28. The van der Waals surface area contributed by atoms with Crippen LogP contribution in [0.1, 0.15) is 37.3 Å². The van der Waals surface area contributed by atoms with Crippen LogP contribution in [0.4, 0.5) is 0 Å². The third-order valence-electron chi connectivity index (χ3n) is 3.87. The monoisotopic (exact) mass is 291 g/mol. The first-order chi connectivity index (χ1) is 10.3. The van der Waals surface area contributed by atoms with Crippen molar-refractivity contribution in [3.05, 3.63) is 24.0 Å². The molecule has 1 aliphatic heterocycles. The lowest BCUT2D eigenvalue weighted by Gasteiger charge is -2.29. The minimum Gasteiger partial charge on any atom is -0.469 e.